The molecule has 0 saturated heterocycles. The summed E-state index contributed by atoms with van der Waals surface area (Å²) in [5.41, 5.74) is 0.360. The van der Waals surface area contributed by atoms with Gasteiger partial charge in [0, 0.05) is 6.04 Å². The average molecular weight is 315 g/mol. The molecule has 0 aliphatic heterocycles. The van der Waals surface area contributed by atoms with Gasteiger partial charge in [-0.3, -0.25) is 4.79 Å². The molecule has 0 unspecified atom stereocenters. The molecule has 1 N–H and O–H groups in total. The number of hydrogen-bond donors (Lipinski definition) is 1. The van der Waals surface area contributed by atoms with Gasteiger partial charge in [-0.05, 0) is 38.3 Å². The molecule has 1 aliphatic rings. The Morgan fingerprint density at radius 3 is 2.73 bits per heavy atom. The number of carbonyl (C=O) groups excluding carboxylic acids is 1. The van der Waals surface area contributed by atoms with Crippen LogP contribution in [0.2, 0.25) is 0 Å². The molecule has 6 heteroatoms. The summed E-state index contributed by atoms with van der Waals surface area (Å²) in [5.74, 6) is -1.25. The van der Waals surface area contributed by atoms with E-state index < -0.39 is 18.1 Å². The van der Waals surface area contributed by atoms with Crippen LogP contribution in [0.25, 0.3) is 0 Å². The van der Waals surface area contributed by atoms with Gasteiger partial charge in [-0.25, -0.2) is 0 Å². The molecule has 1 aromatic carbocycles. The van der Waals surface area contributed by atoms with Crippen molar-refractivity contribution >= 4 is 5.91 Å². The first-order valence-electron chi connectivity index (χ1n) is 7.51. The van der Waals surface area contributed by atoms with Crippen molar-refractivity contribution in [1.82, 2.24) is 5.32 Å². The molecule has 22 heavy (non-hydrogen) atoms. The molecule has 0 radical (unpaired) electrons. The summed E-state index contributed by atoms with van der Waals surface area (Å²) in [6.45, 7) is 2.23. The Hall–Kier alpha value is -1.72. The number of carbonyl (C=O) groups is 1. The second-order valence-electron chi connectivity index (χ2n) is 5.50. The minimum atomic E-state index is -4.19. The van der Waals surface area contributed by atoms with E-state index in [1.807, 2.05) is 6.92 Å². The highest BCUT2D eigenvalue weighted by molar-refractivity contribution is 5.97. The van der Waals surface area contributed by atoms with Crippen LogP contribution in [0, 0.1) is 5.92 Å². The molecule has 2 rings (SSSR count). The quantitative estimate of drug-likeness (QED) is 0.914. The standard InChI is InChI=1S/C16H20F3NO2/c1-2-22-14-9-4-3-8-13(14)15(21)20-12-7-5-6-11(10-12)16(17,18)19/h3-4,8-9,11-12H,2,5-7,10H2,1H3,(H,20,21)/t11-,12-/m0/s1. The highest BCUT2D eigenvalue weighted by Gasteiger charge is 2.42. The minimum absolute atomic E-state index is 0.0496. The van der Waals surface area contributed by atoms with Crippen LogP contribution in [-0.2, 0) is 0 Å². The summed E-state index contributed by atoms with van der Waals surface area (Å²) in [6.07, 6.45) is -3.04. The second kappa shape index (κ2) is 7.03. The van der Waals surface area contributed by atoms with Crippen LogP contribution in [-0.4, -0.2) is 24.7 Å². The number of rotatable bonds is 4. The van der Waals surface area contributed by atoms with Crippen molar-refractivity contribution in [2.24, 2.45) is 5.92 Å². The largest absolute Gasteiger partial charge is 0.493 e. The van der Waals surface area contributed by atoms with E-state index in [1.54, 1.807) is 24.3 Å². The van der Waals surface area contributed by atoms with Crippen LogP contribution < -0.4 is 10.1 Å². The second-order valence-corrected chi connectivity index (χ2v) is 5.50. The lowest BCUT2D eigenvalue weighted by atomic mass is 9.85. The van der Waals surface area contributed by atoms with E-state index in [4.69, 9.17) is 4.74 Å². The summed E-state index contributed by atoms with van der Waals surface area (Å²) in [4.78, 5) is 12.3. The van der Waals surface area contributed by atoms with Gasteiger partial charge in [0.05, 0.1) is 18.1 Å². The maximum absolute atomic E-state index is 12.8. The number of amides is 1. The van der Waals surface area contributed by atoms with E-state index in [-0.39, 0.29) is 18.7 Å². The number of alkyl halides is 3. The summed E-state index contributed by atoms with van der Waals surface area (Å²) in [7, 11) is 0. The number of nitrogens with one attached hydrogen (secondary N) is 1. The Labute approximate surface area is 127 Å². The van der Waals surface area contributed by atoms with Gasteiger partial charge in [-0.1, -0.05) is 18.6 Å². The van der Waals surface area contributed by atoms with Gasteiger partial charge in [0.1, 0.15) is 5.75 Å². The van der Waals surface area contributed by atoms with E-state index in [9.17, 15) is 18.0 Å². The van der Waals surface area contributed by atoms with Crippen LogP contribution in [0.4, 0.5) is 13.2 Å². The van der Waals surface area contributed by atoms with E-state index in [0.29, 0.717) is 30.8 Å². The van der Waals surface area contributed by atoms with Gasteiger partial charge in [-0.2, -0.15) is 13.2 Å². The van der Waals surface area contributed by atoms with E-state index in [2.05, 4.69) is 5.32 Å². The number of para-hydroxylation sites is 1. The number of hydrogen-bond acceptors (Lipinski definition) is 2. The van der Waals surface area contributed by atoms with E-state index in [0.717, 1.165) is 0 Å². The third-order valence-corrected chi connectivity index (χ3v) is 3.90. The summed E-state index contributed by atoms with van der Waals surface area (Å²) < 4.78 is 43.8. The zero-order chi connectivity index (χ0) is 16.2. The molecular formula is C16H20F3NO2. The van der Waals surface area contributed by atoms with Crippen LogP contribution >= 0.6 is 0 Å². The first-order chi connectivity index (χ1) is 10.4. The molecule has 0 aromatic heterocycles. The molecule has 0 heterocycles. The van der Waals surface area contributed by atoms with Crippen LogP contribution in [0.1, 0.15) is 43.0 Å². The van der Waals surface area contributed by atoms with Crippen molar-refractivity contribution in [2.75, 3.05) is 6.61 Å². The Bertz CT molecular complexity index is 516. The van der Waals surface area contributed by atoms with E-state index in [1.165, 1.54) is 0 Å². The first-order valence-corrected chi connectivity index (χ1v) is 7.51. The van der Waals surface area contributed by atoms with Gasteiger partial charge >= 0.3 is 6.18 Å². The van der Waals surface area contributed by atoms with Crippen LogP contribution in [0.15, 0.2) is 24.3 Å². The number of halogens is 3. The molecule has 3 nitrogen and oxygen atoms in total. The fraction of sp³-hybridized carbons (Fsp3) is 0.562. The molecule has 122 valence electrons. The van der Waals surface area contributed by atoms with Gasteiger partial charge < -0.3 is 10.1 Å². The molecule has 1 aromatic rings. The van der Waals surface area contributed by atoms with Crippen molar-refractivity contribution in [3.8, 4) is 5.75 Å². The predicted molar refractivity (Wildman–Crippen MR) is 76.9 cm³/mol. The fourth-order valence-electron chi connectivity index (χ4n) is 2.82. The molecule has 1 aliphatic carbocycles. The first kappa shape index (κ1) is 16.6. The van der Waals surface area contributed by atoms with Gasteiger partial charge in [0.25, 0.3) is 5.91 Å². The fourth-order valence-corrected chi connectivity index (χ4v) is 2.82. The SMILES string of the molecule is CCOc1ccccc1C(=O)N[C@H]1CCC[C@H](C(F)(F)F)C1. The van der Waals surface area contributed by atoms with Gasteiger partial charge in [0.2, 0.25) is 0 Å². The number of benzene rings is 1. The summed E-state index contributed by atoms with van der Waals surface area (Å²) >= 11 is 0. The predicted octanol–water partition coefficient (Wildman–Crippen LogP) is 3.94. The minimum Gasteiger partial charge on any atom is -0.493 e. The Morgan fingerprint density at radius 2 is 2.05 bits per heavy atom. The molecule has 0 bridgehead atoms. The molecule has 0 spiro atoms. The molecular weight excluding hydrogens is 295 g/mol. The zero-order valence-corrected chi connectivity index (χ0v) is 12.5. The van der Waals surface area contributed by atoms with Crippen molar-refractivity contribution in [2.45, 2.75) is 44.8 Å². The maximum atomic E-state index is 12.8. The van der Waals surface area contributed by atoms with Crippen molar-refractivity contribution in [3.63, 3.8) is 0 Å². The van der Waals surface area contributed by atoms with Gasteiger partial charge in [0.15, 0.2) is 0 Å². The lowest BCUT2D eigenvalue weighted by Crippen LogP contribution is -2.41. The Balaban J connectivity index is 2.03. The molecule has 1 fully saturated rings. The lowest BCUT2D eigenvalue weighted by molar-refractivity contribution is -0.183. The molecule has 2 atom stereocenters. The van der Waals surface area contributed by atoms with Crippen molar-refractivity contribution in [3.05, 3.63) is 29.8 Å². The third kappa shape index (κ3) is 4.15. The normalized spacial score (nSPS) is 22.2. The molecule has 1 saturated carbocycles. The zero-order valence-electron chi connectivity index (χ0n) is 12.5. The topological polar surface area (TPSA) is 38.3 Å². The summed E-state index contributed by atoms with van der Waals surface area (Å²) in [5, 5.41) is 2.72. The lowest BCUT2D eigenvalue weighted by Gasteiger charge is -2.31. The van der Waals surface area contributed by atoms with Crippen molar-refractivity contribution < 1.29 is 22.7 Å². The Kier molecular flexibility index (Phi) is 5.32. The van der Waals surface area contributed by atoms with Gasteiger partial charge in [-0.15, -0.1) is 0 Å². The van der Waals surface area contributed by atoms with Crippen LogP contribution in [0.3, 0.4) is 0 Å². The molecule has 1 amide bonds. The average Bonchev–Trinajstić information content (AvgIpc) is 2.47. The van der Waals surface area contributed by atoms with Crippen LogP contribution in [0.5, 0.6) is 5.75 Å². The Morgan fingerprint density at radius 1 is 1.32 bits per heavy atom. The maximum Gasteiger partial charge on any atom is 0.391 e. The monoisotopic (exact) mass is 315 g/mol. The van der Waals surface area contributed by atoms with E-state index >= 15 is 0 Å². The smallest absolute Gasteiger partial charge is 0.391 e. The number of ether oxygens (including phenoxy) is 1. The highest BCUT2D eigenvalue weighted by atomic mass is 19.4. The summed E-state index contributed by atoms with van der Waals surface area (Å²) in [6, 6.07) is 6.31. The van der Waals surface area contributed by atoms with Crippen molar-refractivity contribution in [1.29, 1.82) is 0 Å². The third-order valence-electron chi connectivity index (χ3n) is 3.90. The highest BCUT2D eigenvalue weighted by Crippen LogP contribution is 2.37.